The monoisotopic (exact) mass is 381 g/mol. The summed E-state index contributed by atoms with van der Waals surface area (Å²) in [6, 6.07) is 2.14. The first kappa shape index (κ1) is 16.6. The molecule has 1 heterocycles. The maximum Gasteiger partial charge on any atom is 0.260 e. The summed E-state index contributed by atoms with van der Waals surface area (Å²) in [5.41, 5.74) is -1.17. The molecular weight excluding hydrogens is 368 g/mol. The van der Waals surface area contributed by atoms with Crippen molar-refractivity contribution in [2.75, 3.05) is 19.0 Å². The summed E-state index contributed by atoms with van der Waals surface area (Å²) in [4.78, 5) is 13.8. The molecule has 116 valence electrons. The molecule has 0 saturated carbocycles. The minimum absolute atomic E-state index is 0.207. The van der Waals surface area contributed by atoms with E-state index < -0.39 is 28.7 Å². The van der Waals surface area contributed by atoms with Crippen molar-refractivity contribution >= 4 is 33.4 Å². The van der Waals surface area contributed by atoms with E-state index >= 15 is 0 Å². The van der Waals surface area contributed by atoms with Crippen LogP contribution < -0.4 is 0 Å². The second kappa shape index (κ2) is 6.18. The summed E-state index contributed by atoms with van der Waals surface area (Å²) in [6.07, 6.45) is -0.360. The molecule has 0 radical (unpaired) electrons. The first-order valence-electron chi connectivity index (χ1n) is 6.41. The van der Waals surface area contributed by atoms with Crippen LogP contribution >= 0.6 is 27.5 Å². The molecule has 0 aliphatic carbocycles. The Morgan fingerprint density at radius 2 is 2.05 bits per heavy atom. The van der Waals surface area contributed by atoms with Gasteiger partial charge in [-0.15, -0.1) is 11.6 Å². The van der Waals surface area contributed by atoms with E-state index in [1.54, 1.807) is 13.8 Å². The van der Waals surface area contributed by atoms with Crippen LogP contribution in [-0.2, 0) is 4.74 Å². The van der Waals surface area contributed by atoms with E-state index in [4.69, 9.17) is 16.3 Å². The number of ether oxygens (including phenoxy) is 1. The van der Waals surface area contributed by atoms with Crippen molar-refractivity contribution in [2.45, 2.75) is 25.6 Å². The lowest BCUT2D eigenvalue weighted by atomic mass is 10.0. The lowest BCUT2D eigenvalue weighted by molar-refractivity contribution is -0.117. The molecule has 0 N–H and O–H groups in total. The Morgan fingerprint density at radius 3 is 2.57 bits per heavy atom. The molecule has 1 unspecified atom stereocenters. The van der Waals surface area contributed by atoms with Crippen LogP contribution in [0, 0.1) is 11.6 Å². The molecule has 1 aromatic rings. The van der Waals surface area contributed by atoms with Crippen molar-refractivity contribution in [3.05, 3.63) is 33.8 Å². The van der Waals surface area contributed by atoms with Gasteiger partial charge in [-0.05, 0) is 26.0 Å². The third-order valence-electron chi connectivity index (χ3n) is 3.16. The molecular formula is C14H15BrClF2NO2. The van der Waals surface area contributed by atoms with Crippen molar-refractivity contribution in [1.29, 1.82) is 0 Å². The highest BCUT2D eigenvalue weighted by Crippen LogP contribution is 2.26. The first-order valence-corrected chi connectivity index (χ1v) is 7.74. The number of benzene rings is 1. The highest BCUT2D eigenvalue weighted by molar-refractivity contribution is 9.10. The van der Waals surface area contributed by atoms with Gasteiger partial charge >= 0.3 is 0 Å². The predicted molar refractivity (Wildman–Crippen MR) is 79.6 cm³/mol. The summed E-state index contributed by atoms with van der Waals surface area (Å²) >= 11 is 8.78. The van der Waals surface area contributed by atoms with Gasteiger partial charge in [0.05, 0.1) is 17.6 Å². The largest absolute Gasteiger partial charge is 0.367 e. The number of morpholine rings is 1. The number of hydrogen-bond donors (Lipinski definition) is 0. The van der Waals surface area contributed by atoms with Crippen molar-refractivity contribution in [1.82, 2.24) is 4.90 Å². The van der Waals surface area contributed by atoms with Crippen LogP contribution in [0.1, 0.15) is 24.2 Å². The number of carbonyl (C=O) groups excluding carboxylic acids is 1. The molecule has 1 aromatic carbocycles. The van der Waals surface area contributed by atoms with E-state index in [-0.39, 0.29) is 29.5 Å². The summed E-state index contributed by atoms with van der Waals surface area (Å²) in [5, 5.41) is 0. The molecule has 3 nitrogen and oxygen atoms in total. The molecule has 1 aliphatic rings. The molecule has 0 aromatic heterocycles. The van der Waals surface area contributed by atoms with Crippen molar-refractivity contribution in [3.63, 3.8) is 0 Å². The molecule has 2 rings (SSSR count). The van der Waals surface area contributed by atoms with Gasteiger partial charge in [0, 0.05) is 17.6 Å². The Balaban J connectivity index is 2.31. The van der Waals surface area contributed by atoms with Gasteiger partial charge in [-0.2, -0.15) is 0 Å². The quantitative estimate of drug-likeness (QED) is 0.732. The second-order valence-corrected chi connectivity index (χ2v) is 6.81. The summed E-state index contributed by atoms with van der Waals surface area (Å²) in [6.45, 7) is 4.06. The Kier molecular flexibility index (Phi) is 4.90. The summed E-state index contributed by atoms with van der Waals surface area (Å²) in [7, 11) is 0. The van der Waals surface area contributed by atoms with E-state index in [0.29, 0.717) is 0 Å². The first-order chi connectivity index (χ1) is 9.73. The number of halogens is 4. The molecule has 1 amide bonds. The number of rotatable bonds is 2. The molecule has 1 fully saturated rings. The smallest absolute Gasteiger partial charge is 0.260 e. The molecule has 1 aliphatic heterocycles. The van der Waals surface area contributed by atoms with E-state index in [1.807, 2.05) is 0 Å². The minimum Gasteiger partial charge on any atom is -0.367 e. The lowest BCUT2D eigenvalue weighted by Gasteiger charge is -2.42. The average molecular weight is 383 g/mol. The van der Waals surface area contributed by atoms with E-state index in [1.165, 1.54) is 4.90 Å². The van der Waals surface area contributed by atoms with Crippen molar-refractivity contribution in [3.8, 4) is 0 Å². The standard InChI is InChI=1S/C14H15BrClF2NO2/c1-14(2)7-19(6-9(5-16)21-14)13(20)12-10(17)3-8(15)4-11(12)18/h3-4,9H,5-7H2,1-2H3. The van der Waals surface area contributed by atoms with Crippen LogP contribution in [0.25, 0.3) is 0 Å². The van der Waals surface area contributed by atoms with Crippen LogP contribution in [0.15, 0.2) is 16.6 Å². The van der Waals surface area contributed by atoms with E-state index in [9.17, 15) is 13.6 Å². The Bertz CT molecular complexity index is 545. The molecule has 7 heteroatoms. The van der Waals surface area contributed by atoms with Gasteiger partial charge in [-0.3, -0.25) is 4.79 Å². The molecule has 1 atom stereocenters. The van der Waals surface area contributed by atoms with Crippen LogP contribution in [0.4, 0.5) is 8.78 Å². The topological polar surface area (TPSA) is 29.5 Å². The average Bonchev–Trinajstić information content (AvgIpc) is 2.35. The highest BCUT2D eigenvalue weighted by Gasteiger charge is 2.37. The van der Waals surface area contributed by atoms with Crippen LogP contribution in [0.2, 0.25) is 0 Å². The van der Waals surface area contributed by atoms with Gasteiger partial charge in [0.2, 0.25) is 0 Å². The Morgan fingerprint density at radius 1 is 1.48 bits per heavy atom. The maximum atomic E-state index is 13.9. The highest BCUT2D eigenvalue weighted by atomic mass is 79.9. The zero-order valence-corrected chi connectivity index (χ0v) is 14.0. The fourth-order valence-corrected chi connectivity index (χ4v) is 3.00. The summed E-state index contributed by atoms with van der Waals surface area (Å²) < 4.78 is 33.8. The molecule has 0 bridgehead atoms. The van der Waals surface area contributed by atoms with Gasteiger partial charge in [-0.25, -0.2) is 8.78 Å². The van der Waals surface area contributed by atoms with E-state index in [2.05, 4.69) is 15.9 Å². The van der Waals surface area contributed by atoms with Crippen molar-refractivity contribution in [2.24, 2.45) is 0 Å². The third-order valence-corrected chi connectivity index (χ3v) is 3.96. The lowest BCUT2D eigenvalue weighted by Crippen LogP contribution is -2.55. The SMILES string of the molecule is CC1(C)CN(C(=O)c2c(F)cc(Br)cc2F)CC(CCl)O1. The van der Waals surface area contributed by atoms with E-state index in [0.717, 1.165) is 12.1 Å². The summed E-state index contributed by atoms with van der Waals surface area (Å²) in [5.74, 6) is -2.26. The van der Waals surface area contributed by atoms with Crippen LogP contribution in [-0.4, -0.2) is 41.5 Å². The molecule has 21 heavy (non-hydrogen) atoms. The fourth-order valence-electron chi connectivity index (χ4n) is 2.44. The van der Waals surface area contributed by atoms with Gasteiger partial charge in [0.1, 0.15) is 17.2 Å². The zero-order chi connectivity index (χ0) is 15.8. The predicted octanol–water partition coefficient (Wildman–Crippen LogP) is 3.59. The molecule has 0 spiro atoms. The maximum absolute atomic E-state index is 13.9. The van der Waals surface area contributed by atoms with Gasteiger partial charge in [0.15, 0.2) is 0 Å². The van der Waals surface area contributed by atoms with Crippen LogP contribution in [0.3, 0.4) is 0 Å². The fraction of sp³-hybridized carbons (Fsp3) is 0.500. The van der Waals surface area contributed by atoms with Crippen molar-refractivity contribution < 1.29 is 18.3 Å². The minimum atomic E-state index is -0.890. The number of carbonyl (C=O) groups is 1. The number of hydrogen-bond acceptors (Lipinski definition) is 2. The van der Waals surface area contributed by atoms with Gasteiger partial charge in [-0.1, -0.05) is 15.9 Å². The Hall–Kier alpha value is -0.720. The number of amides is 1. The van der Waals surface area contributed by atoms with Gasteiger partial charge in [0.25, 0.3) is 5.91 Å². The normalized spacial score (nSPS) is 21.4. The Labute approximate surface area is 135 Å². The van der Waals surface area contributed by atoms with Gasteiger partial charge < -0.3 is 9.64 Å². The van der Waals surface area contributed by atoms with Crippen LogP contribution in [0.5, 0.6) is 0 Å². The number of alkyl halides is 1. The zero-order valence-electron chi connectivity index (χ0n) is 11.6. The third kappa shape index (κ3) is 3.73. The molecule has 1 saturated heterocycles. The second-order valence-electron chi connectivity index (χ2n) is 5.58. The number of nitrogens with zero attached hydrogens (tertiary/aromatic N) is 1.